The van der Waals surface area contributed by atoms with Gasteiger partial charge >= 0.3 is 0 Å². The second-order valence-corrected chi connectivity index (χ2v) is 5.44. The first kappa shape index (κ1) is 10.6. The van der Waals surface area contributed by atoms with E-state index in [0.29, 0.717) is 5.11 Å². The highest BCUT2D eigenvalue weighted by Crippen LogP contribution is 2.36. The summed E-state index contributed by atoms with van der Waals surface area (Å²) in [5.74, 6) is 5.72. The normalized spacial score (nSPS) is 34.1. The molecule has 0 spiro atoms. The summed E-state index contributed by atoms with van der Waals surface area (Å²) in [6, 6.07) is 0. The van der Waals surface area contributed by atoms with Crippen molar-refractivity contribution in [2.24, 2.45) is 5.84 Å². The standard InChI is InChI=1S/C9H16N4OS/c1-8(2)5-9(3)12(7(15)11-8)4-6(14)13(9)10/h4-5,10H2,1-3H3,(H,11,15)/t9-/m0/s1. The average molecular weight is 228 g/mol. The van der Waals surface area contributed by atoms with Crippen molar-refractivity contribution in [3.63, 3.8) is 0 Å². The minimum Gasteiger partial charge on any atom is -0.357 e. The lowest BCUT2D eigenvalue weighted by molar-refractivity contribution is -0.131. The molecule has 2 heterocycles. The number of fused-ring (bicyclic) bond motifs is 1. The summed E-state index contributed by atoms with van der Waals surface area (Å²) in [5.41, 5.74) is -0.618. The number of thiocarbonyl (C=S) groups is 1. The molecule has 2 fully saturated rings. The molecule has 0 aromatic heterocycles. The third kappa shape index (κ3) is 1.39. The number of hydrogen-bond donors (Lipinski definition) is 2. The van der Waals surface area contributed by atoms with Crippen LogP contribution >= 0.6 is 12.2 Å². The van der Waals surface area contributed by atoms with Gasteiger partial charge in [-0.15, -0.1) is 0 Å². The van der Waals surface area contributed by atoms with Crippen LogP contribution in [0.4, 0.5) is 0 Å². The monoisotopic (exact) mass is 228 g/mol. The Morgan fingerprint density at radius 2 is 2.07 bits per heavy atom. The number of rotatable bonds is 0. The van der Waals surface area contributed by atoms with Gasteiger partial charge in [0.05, 0.1) is 0 Å². The molecule has 6 heteroatoms. The van der Waals surface area contributed by atoms with E-state index in [0.717, 1.165) is 6.42 Å². The summed E-state index contributed by atoms with van der Waals surface area (Å²) < 4.78 is 0. The Morgan fingerprint density at radius 1 is 1.47 bits per heavy atom. The zero-order valence-corrected chi connectivity index (χ0v) is 10.0. The minimum absolute atomic E-state index is 0.0839. The molecule has 1 atom stereocenters. The van der Waals surface area contributed by atoms with Crippen LogP contribution in [0.15, 0.2) is 0 Å². The van der Waals surface area contributed by atoms with E-state index in [1.165, 1.54) is 5.01 Å². The first-order chi connectivity index (χ1) is 6.76. The van der Waals surface area contributed by atoms with Gasteiger partial charge in [0.1, 0.15) is 12.2 Å². The van der Waals surface area contributed by atoms with Crippen molar-refractivity contribution < 1.29 is 4.79 Å². The number of nitrogens with one attached hydrogen (secondary N) is 1. The number of nitrogens with two attached hydrogens (primary N) is 1. The Balaban J connectivity index is 2.39. The fourth-order valence-corrected chi connectivity index (χ4v) is 3.03. The molecular weight excluding hydrogens is 212 g/mol. The predicted molar refractivity (Wildman–Crippen MR) is 60.6 cm³/mol. The summed E-state index contributed by atoms with van der Waals surface area (Å²) in [7, 11) is 0. The van der Waals surface area contributed by atoms with Crippen LogP contribution in [0.3, 0.4) is 0 Å². The molecular formula is C9H16N4OS. The number of hydrogen-bond acceptors (Lipinski definition) is 3. The lowest BCUT2D eigenvalue weighted by Gasteiger charge is -2.50. The molecule has 84 valence electrons. The lowest BCUT2D eigenvalue weighted by Crippen LogP contribution is -2.68. The second kappa shape index (κ2) is 2.82. The fourth-order valence-electron chi connectivity index (χ4n) is 2.49. The van der Waals surface area contributed by atoms with Gasteiger partial charge in [0.15, 0.2) is 5.11 Å². The van der Waals surface area contributed by atoms with Gasteiger partial charge in [-0.2, -0.15) is 0 Å². The molecule has 0 radical (unpaired) electrons. The second-order valence-electron chi connectivity index (χ2n) is 5.06. The molecule has 2 aliphatic heterocycles. The van der Waals surface area contributed by atoms with Crippen LogP contribution in [0.2, 0.25) is 0 Å². The van der Waals surface area contributed by atoms with Crippen molar-refractivity contribution in [2.45, 2.75) is 38.4 Å². The first-order valence-corrected chi connectivity index (χ1v) is 5.35. The average Bonchev–Trinajstić information content (AvgIpc) is 2.27. The molecule has 0 bridgehead atoms. The topological polar surface area (TPSA) is 61.6 Å². The molecule has 2 aliphatic rings. The quantitative estimate of drug-likeness (QED) is 0.341. The van der Waals surface area contributed by atoms with Crippen molar-refractivity contribution in [3.05, 3.63) is 0 Å². The molecule has 2 rings (SSSR count). The van der Waals surface area contributed by atoms with Crippen molar-refractivity contribution in [1.82, 2.24) is 15.2 Å². The Labute approximate surface area is 94.5 Å². The summed E-state index contributed by atoms with van der Waals surface area (Å²) >= 11 is 5.25. The third-order valence-corrected chi connectivity index (χ3v) is 3.45. The van der Waals surface area contributed by atoms with Crippen LogP contribution in [0, 0.1) is 0 Å². The van der Waals surface area contributed by atoms with E-state index in [2.05, 4.69) is 19.2 Å². The highest BCUT2D eigenvalue weighted by atomic mass is 32.1. The van der Waals surface area contributed by atoms with Crippen LogP contribution in [0.5, 0.6) is 0 Å². The van der Waals surface area contributed by atoms with E-state index in [1.54, 1.807) is 0 Å². The van der Waals surface area contributed by atoms with E-state index in [1.807, 2.05) is 11.8 Å². The summed E-state index contributed by atoms with van der Waals surface area (Å²) in [6.45, 7) is 6.33. The summed E-state index contributed by atoms with van der Waals surface area (Å²) in [5, 5.41) is 5.13. The molecule has 0 aliphatic carbocycles. The molecule has 0 unspecified atom stereocenters. The molecule has 1 amide bonds. The van der Waals surface area contributed by atoms with E-state index >= 15 is 0 Å². The van der Waals surface area contributed by atoms with Crippen molar-refractivity contribution in [3.8, 4) is 0 Å². The fraction of sp³-hybridized carbons (Fsp3) is 0.778. The molecule has 0 saturated carbocycles. The lowest BCUT2D eigenvalue weighted by atomic mass is 9.89. The highest BCUT2D eigenvalue weighted by molar-refractivity contribution is 7.80. The van der Waals surface area contributed by atoms with E-state index < -0.39 is 5.66 Å². The zero-order valence-electron chi connectivity index (χ0n) is 9.20. The van der Waals surface area contributed by atoms with Crippen molar-refractivity contribution in [1.29, 1.82) is 0 Å². The number of carbonyl (C=O) groups is 1. The number of hydrazine groups is 1. The zero-order chi connectivity index (χ0) is 11.4. The molecule has 2 saturated heterocycles. The molecule has 0 aromatic carbocycles. The largest absolute Gasteiger partial charge is 0.357 e. The Kier molecular flexibility index (Phi) is 2.00. The molecule has 0 aromatic rings. The molecule has 5 nitrogen and oxygen atoms in total. The van der Waals surface area contributed by atoms with Crippen molar-refractivity contribution >= 4 is 23.2 Å². The van der Waals surface area contributed by atoms with Gasteiger partial charge in [0.25, 0.3) is 5.91 Å². The highest BCUT2D eigenvalue weighted by Gasteiger charge is 2.53. The molecule has 3 N–H and O–H groups in total. The van der Waals surface area contributed by atoms with E-state index in [9.17, 15) is 4.79 Å². The Hall–Kier alpha value is -0.880. The van der Waals surface area contributed by atoms with Gasteiger partial charge in [-0.1, -0.05) is 0 Å². The smallest absolute Gasteiger partial charge is 0.258 e. The SMILES string of the molecule is CC1(C)C[C@]2(C)N(N)C(=O)CN2C(=S)N1. The van der Waals surface area contributed by atoms with E-state index in [-0.39, 0.29) is 18.0 Å². The van der Waals surface area contributed by atoms with Crippen LogP contribution < -0.4 is 11.2 Å². The van der Waals surface area contributed by atoms with Crippen molar-refractivity contribution in [2.75, 3.05) is 6.54 Å². The van der Waals surface area contributed by atoms with Gasteiger partial charge in [-0.05, 0) is 33.0 Å². The number of amides is 1. The minimum atomic E-state index is -0.483. The summed E-state index contributed by atoms with van der Waals surface area (Å²) in [6.07, 6.45) is 0.752. The Morgan fingerprint density at radius 3 is 2.67 bits per heavy atom. The first-order valence-electron chi connectivity index (χ1n) is 4.94. The van der Waals surface area contributed by atoms with Crippen LogP contribution in [-0.4, -0.2) is 38.7 Å². The third-order valence-electron chi connectivity index (χ3n) is 3.13. The number of nitrogens with zero attached hydrogens (tertiary/aromatic N) is 2. The van der Waals surface area contributed by atoms with Gasteiger partial charge < -0.3 is 10.2 Å². The predicted octanol–water partition coefficient (Wildman–Crippen LogP) is -0.223. The van der Waals surface area contributed by atoms with Crippen LogP contribution in [0.25, 0.3) is 0 Å². The maximum atomic E-state index is 11.6. The van der Waals surface area contributed by atoms with Crippen LogP contribution in [-0.2, 0) is 4.79 Å². The van der Waals surface area contributed by atoms with Gasteiger partial charge in [-0.3, -0.25) is 9.80 Å². The Bertz CT molecular complexity index is 343. The molecule has 15 heavy (non-hydrogen) atoms. The maximum absolute atomic E-state index is 11.6. The van der Waals surface area contributed by atoms with Crippen LogP contribution in [0.1, 0.15) is 27.2 Å². The van der Waals surface area contributed by atoms with E-state index in [4.69, 9.17) is 18.1 Å². The van der Waals surface area contributed by atoms with Gasteiger partial charge in [0.2, 0.25) is 0 Å². The van der Waals surface area contributed by atoms with Gasteiger partial charge in [-0.25, -0.2) is 5.84 Å². The summed E-state index contributed by atoms with van der Waals surface area (Å²) in [4.78, 5) is 13.4. The van der Waals surface area contributed by atoms with Gasteiger partial charge in [0, 0.05) is 12.0 Å². The maximum Gasteiger partial charge on any atom is 0.258 e. The number of carbonyl (C=O) groups excluding carboxylic acids is 1.